The molecular weight excluding hydrogens is 254 g/mol. The van der Waals surface area contributed by atoms with Crippen LogP contribution in [-0.2, 0) is 6.42 Å². The van der Waals surface area contributed by atoms with Gasteiger partial charge in [-0.05, 0) is 30.0 Å². The van der Waals surface area contributed by atoms with Gasteiger partial charge in [0, 0.05) is 12.0 Å². The van der Waals surface area contributed by atoms with Gasteiger partial charge >= 0.3 is 0 Å². The number of benzene rings is 2. The highest BCUT2D eigenvalue weighted by Crippen LogP contribution is 2.28. The molecule has 1 nitrogen and oxygen atoms in total. The summed E-state index contributed by atoms with van der Waals surface area (Å²) in [6.45, 7) is 7.84. The zero-order valence-electron chi connectivity index (χ0n) is 13.4. The third-order valence-corrected chi connectivity index (χ3v) is 4.12. The maximum absolute atomic E-state index is 3.70. The molecule has 2 rings (SSSR count). The maximum Gasteiger partial charge on any atom is 0.0162 e. The summed E-state index contributed by atoms with van der Waals surface area (Å²) in [5.74, 6) is 1.12. The Morgan fingerprint density at radius 1 is 0.857 bits per heavy atom. The fourth-order valence-corrected chi connectivity index (χ4v) is 3.10. The van der Waals surface area contributed by atoms with E-state index in [1.807, 2.05) is 0 Å². The Bertz CT molecular complexity index is 504. The van der Waals surface area contributed by atoms with Gasteiger partial charge in [0.1, 0.15) is 0 Å². The number of rotatable bonds is 7. The van der Waals surface area contributed by atoms with Gasteiger partial charge in [0.2, 0.25) is 0 Å². The second-order valence-electron chi connectivity index (χ2n) is 6.03. The van der Waals surface area contributed by atoms with E-state index < -0.39 is 0 Å². The first kappa shape index (κ1) is 15.8. The predicted octanol–water partition coefficient (Wildman–Crippen LogP) is 4.65. The van der Waals surface area contributed by atoms with Gasteiger partial charge in [0.25, 0.3) is 0 Å². The van der Waals surface area contributed by atoms with Crippen LogP contribution in [0.5, 0.6) is 0 Å². The van der Waals surface area contributed by atoms with Crippen molar-refractivity contribution in [2.24, 2.45) is 5.92 Å². The van der Waals surface area contributed by atoms with E-state index in [0.29, 0.717) is 17.9 Å². The molecular formula is C20H27N. The molecule has 2 unspecified atom stereocenters. The van der Waals surface area contributed by atoms with Crippen LogP contribution < -0.4 is 5.32 Å². The molecule has 1 N–H and O–H groups in total. The van der Waals surface area contributed by atoms with Crippen LogP contribution in [0.15, 0.2) is 60.7 Å². The van der Waals surface area contributed by atoms with E-state index in [9.17, 15) is 0 Å². The van der Waals surface area contributed by atoms with Gasteiger partial charge in [-0.25, -0.2) is 0 Å². The molecule has 21 heavy (non-hydrogen) atoms. The predicted molar refractivity (Wildman–Crippen MR) is 91.6 cm³/mol. The highest BCUT2D eigenvalue weighted by atomic mass is 14.9. The van der Waals surface area contributed by atoms with Gasteiger partial charge in [-0.1, -0.05) is 81.4 Å². The average molecular weight is 281 g/mol. The molecule has 2 atom stereocenters. The Kier molecular flexibility index (Phi) is 6.01. The van der Waals surface area contributed by atoms with Gasteiger partial charge in [0.05, 0.1) is 0 Å². The van der Waals surface area contributed by atoms with Crippen LogP contribution in [-0.4, -0.2) is 12.6 Å². The highest BCUT2D eigenvalue weighted by molar-refractivity contribution is 5.26. The zero-order chi connectivity index (χ0) is 15.1. The van der Waals surface area contributed by atoms with Crippen LogP contribution in [0.4, 0.5) is 0 Å². The molecule has 0 amide bonds. The van der Waals surface area contributed by atoms with E-state index in [2.05, 4.69) is 86.8 Å². The Morgan fingerprint density at radius 3 is 1.95 bits per heavy atom. The van der Waals surface area contributed by atoms with Crippen molar-refractivity contribution < 1.29 is 0 Å². The lowest BCUT2D eigenvalue weighted by Crippen LogP contribution is -2.40. The minimum atomic E-state index is 0.498. The Labute approximate surface area is 129 Å². The van der Waals surface area contributed by atoms with Crippen molar-refractivity contribution in [2.75, 3.05) is 6.54 Å². The van der Waals surface area contributed by atoms with Crippen molar-refractivity contribution in [1.82, 2.24) is 5.32 Å². The van der Waals surface area contributed by atoms with E-state index in [1.54, 1.807) is 0 Å². The second kappa shape index (κ2) is 7.99. The molecule has 2 aromatic rings. The monoisotopic (exact) mass is 281 g/mol. The van der Waals surface area contributed by atoms with Gasteiger partial charge in [-0.15, -0.1) is 0 Å². The van der Waals surface area contributed by atoms with Crippen molar-refractivity contribution in [3.63, 3.8) is 0 Å². The van der Waals surface area contributed by atoms with Crippen LogP contribution in [0.25, 0.3) is 0 Å². The molecule has 0 saturated carbocycles. The highest BCUT2D eigenvalue weighted by Gasteiger charge is 2.25. The van der Waals surface area contributed by atoms with Crippen LogP contribution in [0.2, 0.25) is 0 Å². The Morgan fingerprint density at radius 2 is 1.43 bits per heavy atom. The molecule has 0 aliphatic carbocycles. The molecule has 0 bridgehead atoms. The lowest BCUT2D eigenvalue weighted by atomic mass is 9.81. The van der Waals surface area contributed by atoms with Crippen LogP contribution in [0, 0.1) is 5.92 Å². The number of nitrogens with one attached hydrogen (secondary N) is 1. The quantitative estimate of drug-likeness (QED) is 0.779. The molecule has 112 valence electrons. The smallest absolute Gasteiger partial charge is 0.0162 e. The molecule has 0 aromatic heterocycles. The summed E-state index contributed by atoms with van der Waals surface area (Å²) in [6, 6.07) is 22.3. The van der Waals surface area contributed by atoms with E-state index in [4.69, 9.17) is 0 Å². The van der Waals surface area contributed by atoms with Crippen LogP contribution in [0.3, 0.4) is 0 Å². The molecule has 0 saturated heterocycles. The Balaban J connectivity index is 2.29. The van der Waals surface area contributed by atoms with Gasteiger partial charge < -0.3 is 5.32 Å². The topological polar surface area (TPSA) is 12.0 Å². The minimum Gasteiger partial charge on any atom is -0.313 e. The molecule has 0 fully saturated rings. The Hall–Kier alpha value is -1.60. The van der Waals surface area contributed by atoms with Crippen molar-refractivity contribution >= 4 is 0 Å². The summed E-state index contributed by atoms with van der Waals surface area (Å²) in [4.78, 5) is 0. The lowest BCUT2D eigenvalue weighted by Gasteiger charge is -2.31. The van der Waals surface area contributed by atoms with Crippen molar-refractivity contribution in [2.45, 2.75) is 39.2 Å². The van der Waals surface area contributed by atoms with Gasteiger partial charge in [-0.2, -0.15) is 0 Å². The summed E-state index contributed by atoms with van der Waals surface area (Å²) < 4.78 is 0. The van der Waals surface area contributed by atoms with E-state index in [0.717, 1.165) is 13.0 Å². The van der Waals surface area contributed by atoms with Gasteiger partial charge in [-0.3, -0.25) is 0 Å². The largest absolute Gasteiger partial charge is 0.313 e. The van der Waals surface area contributed by atoms with Crippen LogP contribution >= 0.6 is 0 Å². The van der Waals surface area contributed by atoms with Crippen molar-refractivity contribution in [3.8, 4) is 0 Å². The zero-order valence-corrected chi connectivity index (χ0v) is 13.4. The van der Waals surface area contributed by atoms with Crippen molar-refractivity contribution in [1.29, 1.82) is 0 Å². The molecule has 2 aromatic carbocycles. The summed E-state index contributed by atoms with van der Waals surface area (Å²) >= 11 is 0. The SMILES string of the molecule is CCNC(C(C)C)C(Cc1ccccc1)c1ccccc1. The van der Waals surface area contributed by atoms with Gasteiger partial charge in [0.15, 0.2) is 0 Å². The normalized spacial score (nSPS) is 14.1. The third kappa shape index (κ3) is 4.44. The maximum atomic E-state index is 3.70. The van der Waals surface area contributed by atoms with Crippen molar-refractivity contribution in [3.05, 3.63) is 71.8 Å². The molecule has 0 heterocycles. The molecule has 0 aliphatic heterocycles. The first-order valence-corrected chi connectivity index (χ1v) is 8.04. The number of likely N-dealkylation sites (N-methyl/N-ethyl adjacent to an activating group) is 1. The van der Waals surface area contributed by atoms with E-state index in [1.165, 1.54) is 11.1 Å². The van der Waals surface area contributed by atoms with E-state index in [-0.39, 0.29) is 0 Å². The number of hydrogen-bond donors (Lipinski definition) is 1. The third-order valence-electron chi connectivity index (χ3n) is 4.12. The minimum absolute atomic E-state index is 0.498. The second-order valence-corrected chi connectivity index (χ2v) is 6.03. The fraction of sp³-hybridized carbons (Fsp3) is 0.400. The molecule has 0 aliphatic rings. The summed E-state index contributed by atoms with van der Waals surface area (Å²) in [7, 11) is 0. The summed E-state index contributed by atoms with van der Waals surface area (Å²) in [5.41, 5.74) is 2.84. The first-order chi connectivity index (χ1) is 10.2. The fourth-order valence-electron chi connectivity index (χ4n) is 3.10. The molecule has 0 spiro atoms. The number of hydrogen-bond acceptors (Lipinski definition) is 1. The molecule has 0 radical (unpaired) electrons. The van der Waals surface area contributed by atoms with Crippen LogP contribution in [0.1, 0.15) is 37.8 Å². The summed E-state index contributed by atoms with van der Waals surface area (Å²) in [5, 5.41) is 3.70. The molecule has 1 heteroatoms. The lowest BCUT2D eigenvalue weighted by molar-refractivity contribution is 0.344. The van der Waals surface area contributed by atoms with E-state index >= 15 is 0 Å². The first-order valence-electron chi connectivity index (χ1n) is 8.04. The standard InChI is InChI=1S/C20H27N/c1-4-21-20(16(2)3)19(18-13-9-6-10-14-18)15-17-11-7-5-8-12-17/h5-14,16,19-21H,4,15H2,1-3H3. The average Bonchev–Trinajstić information content (AvgIpc) is 2.52. The summed E-state index contributed by atoms with van der Waals surface area (Å²) in [6.07, 6.45) is 1.08.